The topological polar surface area (TPSA) is 49.5 Å². The maximum Gasteiger partial charge on any atom is 0.0956 e. The molecule has 0 bridgehead atoms. The standard InChI is InChI=1S/C10H16N2O.ClH/c1-8(12(2)11)10(13)9-6-4-3-5-7-9;/h3-8,10,13H,11H2,1-2H3;1H. The van der Waals surface area contributed by atoms with Crippen LogP contribution in [0.25, 0.3) is 0 Å². The Labute approximate surface area is 90.9 Å². The van der Waals surface area contributed by atoms with E-state index in [1.165, 1.54) is 5.01 Å². The van der Waals surface area contributed by atoms with E-state index in [0.717, 1.165) is 5.56 Å². The molecule has 0 aliphatic heterocycles. The maximum absolute atomic E-state index is 9.84. The fraction of sp³-hybridized carbons (Fsp3) is 0.400. The van der Waals surface area contributed by atoms with Gasteiger partial charge in [-0.25, -0.2) is 5.01 Å². The Hall–Kier alpha value is -0.610. The smallest absolute Gasteiger partial charge is 0.0956 e. The van der Waals surface area contributed by atoms with Gasteiger partial charge in [-0.2, -0.15) is 0 Å². The molecule has 0 heterocycles. The van der Waals surface area contributed by atoms with Crippen LogP contribution in [0, 0.1) is 0 Å². The Bertz CT molecular complexity index is 254. The summed E-state index contributed by atoms with van der Waals surface area (Å²) in [6.45, 7) is 1.89. The van der Waals surface area contributed by atoms with E-state index in [4.69, 9.17) is 5.84 Å². The van der Waals surface area contributed by atoms with E-state index in [0.29, 0.717) is 0 Å². The molecule has 80 valence electrons. The number of rotatable bonds is 3. The monoisotopic (exact) mass is 216 g/mol. The number of nitrogens with two attached hydrogens (primary N) is 1. The van der Waals surface area contributed by atoms with Crippen LogP contribution in [-0.4, -0.2) is 23.2 Å². The van der Waals surface area contributed by atoms with Crippen molar-refractivity contribution in [3.8, 4) is 0 Å². The number of hydrogen-bond donors (Lipinski definition) is 2. The largest absolute Gasteiger partial charge is 0.387 e. The molecular weight excluding hydrogens is 200 g/mol. The molecule has 1 aromatic carbocycles. The fourth-order valence-electron chi connectivity index (χ4n) is 1.15. The molecule has 0 saturated heterocycles. The molecule has 14 heavy (non-hydrogen) atoms. The van der Waals surface area contributed by atoms with E-state index in [1.807, 2.05) is 37.3 Å². The lowest BCUT2D eigenvalue weighted by atomic mass is 10.0. The summed E-state index contributed by atoms with van der Waals surface area (Å²) in [5.74, 6) is 5.55. The number of hydrazine groups is 1. The molecule has 0 radical (unpaired) electrons. The summed E-state index contributed by atoms with van der Waals surface area (Å²) in [4.78, 5) is 0. The second kappa shape index (κ2) is 5.98. The minimum atomic E-state index is -0.531. The quantitative estimate of drug-likeness (QED) is 0.592. The van der Waals surface area contributed by atoms with Gasteiger partial charge in [-0.05, 0) is 12.5 Å². The number of likely N-dealkylation sites (N-methyl/N-ethyl adjacent to an activating group) is 1. The normalized spacial score (nSPS) is 14.6. The highest BCUT2D eigenvalue weighted by molar-refractivity contribution is 5.85. The van der Waals surface area contributed by atoms with Crippen molar-refractivity contribution in [2.45, 2.75) is 19.1 Å². The Morgan fingerprint density at radius 1 is 1.29 bits per heavy atom. The highest BCUT2D eigenvalue weighted by atomic mass is 35.5. The van der Waals surface area contributed by atoms with E-state index < -0.39 is 6.10 Å². The van der Waals surface area contributed by atoms with Crippen molar-refractivity contribution in [2.24, 2.45) is 5.84 Å². The third-order valence-electron chi connectivity index (χ3n) is 2.24. The van der Waals surface area contributed by atoms with E-state index in [-0.39, 0.29) is 18.4 Å². The number of benzene rings is 1. The lowest BCUT2D eigenvalue weighted by Crippen LogP contribution is -2.39. The molecule has 0 spiro atoms. The molecule has 3 nitrogen and oxygen atoms in total. The van der Waals surface area contributed by atoms with Crippen molar-refractivity contribution in [3.63, 3.8) is 0 Å². The lowest BCUT2D eigenvalue weighted by molar-refractivity contribution is 0.0729. The van der Waals surface area contributed by atoms with Crippen molar-refractivity contribution < 1.29 is 5.11 Å². The zero-order chi connectivity index (χ0) is 9.84. The molecule has 2 unspecified atom stereocenters. The van der Waals surface area contributed by atoms with Crippen molar-refractivity contribution in [1.29, 1.82) is 0 Å². The second-order valence-corrected chi connectivity index (χ2v) is 3.26. The van der Waals surface area contributed by atoms with Gasteiger partial charge in [-0.15, -0.1) is 12.4 Å². The molecule has 0 fully saturated rings. The Kier molecular flexibility index (Phi) is 5.72. The minimum Gasteiger partial charge on any atom is -0.387 e. The average molecular weight is 217 g/mol. The van der Waals surface area contributed by atoms with Crippen LogP contribution in [0.15, 0.2) is 30.3 Å². The van der Waals surface area contributed by atoms with Crippen LogP contribution in [0.4, 0.5) is 0 Å². The van der Waals surface area contributed by atoms with Gasteiger partial charge < -0.3 is 5.11 Å². The van der Waals surface area contributed by atoms with Crippen molar-refractivity contribution in [1.82, 2.24) is 5.01 Å². The predicted octanol–water partition coefficient (Wildman–Crippen LogP) is 1.34. The average Bonchev–Trinajstić information content (AvgIpc) is 2.17. The van der Waals surface area contributed by atoms with Gasteiger partial charge in [0.2, 0.25) is 0 Å². The van der Waals surface area contributed by atoms with E-state index >= 15 is 0 Å². The minimum absolute atomic E-state index is 0. The van der Waals surface area contributed by atoms with Crippen molar-refractivity contribution >= 4 is 12.4 Å². The van der Waals surface area contributed by atoms with Crippen LogP contribution in [0.5, 0.6) is 0 Å². The summed E-state index contributed by atoms with van der Waals surface area (Å²) in [5, 5.41) is 11.3. The molecule has 4 heteroatoms. The predicted molar refractivity (Wildman–Crippen MR) is 60.1 cm³/mol. The van der Waals surface area contributed by atoms with E-state index in [2.05, 4.69) is 0 Å². The zero-order valence-corrected chi connectivity index (χ0v) is 9.24. The summed E-state index contributed by atoms with van der Waals surface area (Å²) in [6, 6.07) is 9.44. The first-order chi connectivity index (χ1) is 6.13. The summed E-state index contributed by atoms with van der Waals surface area (Å²) in [6.07, 6.45) is -0.531. The molecule has 1 rings (SSSR count). The first kappa shape index (κ1) is 13.4. The van der Waals surface area contributed by atoms with Gasteiger partial charge in [0.05, 0.1) is 12.1 Å². The first-order valence-corrected chi connectivity index (χ1v) is 4.33. The van der Waals surface area contributed by atoms with Gasteiger partial charge in [0, 0.05) is 7.05 Å². The first-order valence-electron chi connectivity index (χ1n) is 4.33. The van der Waals surface area contributed by atoms with Gasteiger partial charge in [0.25, 0.3) is 0 Å². The Balaban J connectivity index is 0.00000169. The molecule has 1 aromatic rings. The molecule has 0 aliphatic carbocycles. The van der Waals surface area contributed by atoms with Crippen LogP contribution in [0.3, 0.4) is 0 Å². The summed E-state index contributed by atoms with van der Waals surface area (Å²) < 4.78 is 0. The van der Waals surface area contributed by atoms with Crippen molar-refractivity contribution in [3.05, 3.63) is 35.9 Å². The molecule has 0 aliphatic rings. The van der Waals surface area contributed by atoms with Crippen molar-refractivity contribution in [2.75, 3.05) is 7.05 Å². The number of halogens is 1. The summed E-state index contributed by atoms with van der Waals surface area (Å²) in [5.41, 5.74) is 0.896. The highest BCUT2D eigenvalue weighted by Gasteiger charge is 2.17. The fourth-order valence-corrected chi connectivity index (χ4v) is 1.15. The summed E-state index contributed by atoms with van der Waals surface area (Å²) in [7, 11) is 1.75. The number of hydrogen-bond acceptors (Lipinski definition) is 3. The van der Waals surface area contributed by atoms with Gasteiger partial charge >= 0.3 is 0 Å². The number of nitrogens with zero attached hydrogens (tertiary/aromatic N) is 1. The molecule has 0 saturated carbocycles. The number of aliphatic hydroxyl groups excluding tert-OH is 1. The zero-order valence-electron chi connectivity index (χ0n) is 8.42. The van der Waals surface area contributed by atoms with E-state index in [1.54, 1.807) is 7.05 Å². The van der Waals surface area contributed by atoms with Crippen LogP contribution in [0.1, 0.15) is 18.6 Å². The van der Waals surface area contributed by atoms with Crippen LogP contribution in [0.2, 0.25) is 0 Å². The van der Waals surface area contributed by atoms with Gasteiger partial charge in [0.1, 0.15) is 0 Å². The third-order valence-corrected chi connectivity index (χ3v) is 2.24. The van der Waals surface area contributed by atoms with Crippen LogP contribution >= 0.6 is 12.4 Å². The number of aliphatic hydroxyl groups is 1. The van der Waals surface area contributed by atoms with Crippen LogP contribution in [-0.2, 0) is 0 Å². The Morgan fingerprint density at radius 2 is 1.79 bits per heavy atom. The SMILES string of the molecule is CC(C(O)c1ccccc1)N(C)N.Cl. The molecule has 0 aromatic heterocycles. The molecule has 2 atom stereocenters. The van der Waals surface area contributed by atoms with Crippen LogP contribution < -0.4 is 5.84 Å². The second-order valence-electron chi connectivity index (χ2n) is 3.26. The maximum atomic E-state index is 9.84. The van der Waals surface area contributed by atoms with Gasteiger partial charge in [-0.3, -0.25) is 5.84 Å². The third kappa shape index (κ3) is 3.27. The highest BCUT2D eigenvalue weighted by Crippen LogP contribution is 2.17. The lowest BCUT2D eigenvalue weighted by Gasteiger charge is -2.24. The molecule has 3 N–H and O–H groups in total. The van der Waals surface area contributed by atoms with Gasteiger partial charge in [-0.1, -0.05) is 30.3 Å². The summed E-state index contributed by atoms with van der Waals surface area (Å²) >= 11 is 0. The van der Waals surface area contributed by atoms with Gasteiger partial charge in [0.15, 0.2) is 0 Å². The molecule has 0 amide bonds. The molecular formula is C10H17ClN2O. The van der Waals surface area contributed by atoms with E-state index in [9.17, 15) is 5.11 Å². The Morgan fingerprint density at radius 3 is 2.21 bits per heavy atom.